The summed E-state index contributed by atoms with van der Waals surface area (Å²) in [5.41, 5.74) is 10.2. The molecule has 1 aliphatic rings. The number of nitrogens with zero attached hydrogens (tertiary/aromatic N) is 1. The first-order chi connectivity index (χ1) is 9.08. The van der Waals surface area contributed by atoms with Crippen LogP contribution in [0.2, 0.25) is 0 Å². The number of aryl methyl sites for hydroxylation is 1. The molecule has 2 heteroatoms. The van der Waals surface area contributed by atoms with Gasteiger partial charge in [0.25, 0.3) is 0 Å². The summed E-state index contributed by atoms with van der Waals surface area (Å²) < 4.78 is 0. The van der Waals surface area contributed by atoms with Gasteiger partial charge in [0.2, 0.25) is 0 Å². The van der Waals surface area contributed by atoms with E-state index in [9.17, 15) is 0 Å². The van der Waals surface area contributed by atoms with E-state index in [-0.39, 0.29) is 0 Å². The Morgan fingerprint density at radius 2 is 1.79 bits per heavy atom. The van der Waals surface area contributed by atoms with E-state index in [0.29, 0.717) is 5.41 Å². The number of rotatable bonds is 4. The standard InChI is InChI=1S/C17H28N2/c1-4-17(5-2)8-10-19(11-9-17)13-15-12-14(3)6-7-16(15)18/h6-7,12H,4-5,8-11,13,18H2,1-3H3. The zero-order valence-electron chi connectivity index (χ0n) is 12.7. The van der Waals surface area contributed by atoms with Gasteiger partial charge in [-0.1, -0.05) is 44.4 Å². The molecule has 2 nitrogen and oxygen atoms in total. The molecule has 0 spiro atoms. The molecule has 1 heterocycles. The SMILES string of the molecule is CCC1(CC)CCN(Cc2cc(C)ccc2N)CC1. The van der Waals surface area contributed by atoms with Crippen LogP contribution in [0.15, 0.2) is 18.2 Å². The minimum atomic E-state index is 0.606. The Morgan fingerprint density at radius 1 is 1.16 bits per heavy atom. The molecule has 2 N–H and O–H groups in total. The van der Waals surface area contributed by atoms with Crippen molar-refractivity contribution in [1.82, 2.24) is 4.90 Å². The maximum absolute atomic E-state index is 6.09. The van der Waals surface area contributed by atoms with Gasteiger partial charge in [-0.2, -0.15) is 0 Å². The van der Waals surface area contributed by atoms with Crippen LogP contribution in [-0.4, -0.2) is 18.0 Å². The fourth-order valence-electron chi connectivity index (χ4n) is 3.25. The molecule has 106 valence electrons. The largest absolute Gasteiger partial charge is 0.398 e. The lowest BCUT2D eigenvalue weighted by Crippen LogP contribution is -2.39. The maximum atomic E-state index is 6.09. The topological polar surface area (TPSA) is 29.3 Å². The fraction of sp³-hybridized carbons (Fsp3) is 0.647. The summed E-state index contributed by atoms with van der Waals surface area (Å²) in [6.45, 7) is 10.3. The third kappa shape index (κ3) is 3.30. The van der Waals surface area contributed by atoms with Crippen molar-refractivity contribution in [1.29, 1.82) is 0 Å². The number of hydrogen-bond acceptors (Lipinski definition) is 2. The molecule has 0 amide bonds. The van der Waals surface area contributed by atoms with Gasteiger partial charge in [-0.25, -0.2) is 0 Å². The molecule has 1 aromatic rings. The van der Waals surface area contributed by atoms with E-state index < -0.39 is 0 Å². The molecular formula is C17H28N2. The second-order valence-electron chi connectivity index (χ2n) is 6.19. The number of anilines is 1. The van der Waals surface area contributed by atoms with Crippen molar-refractivity contribution in [3.63, 3.8) is 0 Å². The minimum Gasteiger partial charge on any atom is -0.398 e. The highest BCUT2D eigenvalue weighted by Crippen LogP contribution is 2.38. The van der Waals surface area contributed by atoms with Crippen LogP contribution in [0.25, 0.3) is 0 Å². The second kappa shape index (κ2) is 5.96. The van der Waals surface area contributed by atoms with E-state index in [4.69, 9.17) is 5.73 Å². The number of likely N-dealkylation sites (tertiary alicyclic amines) is 1. The molecular weight excluding hydrogens is 232 g/mol. The Bertz CT molecular complexity index is 411. The highest BCUT2D eigenvalue weighted by Gasteiger charge is 2.31. The van der Waals surface area contributed by atoms with Crippen molar-refractivity contribution in [2.24, 2.45) is 5.41 Å². The van der Waals surface area contributed by atoms with Crippen molar-refractivity contribution in [3.8, 4) is 0 Å². The van der Waals surface area contributed by atoms with Gasteiger partial charge in [0.1, 0.15) is 0 Å². The summed E-state index contributed by atoms with van der Waals surface area (Å²) in [6.07, 6.45) is 5.32. The van der Waals surface area contributed by atoms with Crippen LogP contribution in [0.3, 0.4) is 0 Å². The molecule has 0 aromatic heterocycles. The zero-order valence-corrected chi connectivity index (χ0v) is 12.7. The molecule has 0 radical (unpaired) electrons. The average molecular weight is 260 g/mol. The number of nitrogens with two attached hydrogens (primary N) is 1. The number of hydrogen-bond donors (Lipinski definition) is 1. The van der Waals surface area contributed by atoms with Gasteiger partial charge >= 0.3 is 0 Å². The molecule has 1 aliphatic heterocycles. The third-order valence-electron chi connectivity index (χ3n) is 5.11. The first kappa shape index (κ1) is 14.4. The molecule has 2 rings (SSSR count). The van der Waals surface area contributed by atoms with E-state index >= 15 is 0 Å². The molecule has 0 aliphatic carbocycles. The molecule has 0 bridgehead atoms. The summed E-state index contributed by atoms with van der Waals surface area (Å²) in [6, 6.07) is 6.36. The molecule has 19 heavy (non-hydrogen) atoms. The van der Waals surface area contributed by atoms with Crippen LogP contribution in [0.5, 0.6) is 0 Å². The van der Waals surface area contributed by atoms with Crippen LogP contribution in [0.4, 0.5) is 5.69 Å². The maximum Gasteiger partial charge on any atom is 0.0359 e. The van der Waals surface area contributed by atoms with E-state index in [2.05, 4.69) is 37.8 Å². The highest BCUT2D eigenvalue weighted by molar-refractivity contribution is 5.48. The zero-order chi connectivity index (χ0) is 13.9. The summed E-state index contributed by atoms with van der Waals surface area (Å²) >= 11 is 0. The van der Waals surface area contributed by atoms with E-state index in [1.165, 1.54) is 49.9 Å². The molecule has 1 fully saturated rings. The van der Waals surface area contributed by atoms with Gasteiger partial charge in [0, 0.05) is 12.2 Å². The van der Waals surface area contributed by atoms with E-state index in [1.54, 1.807) is 0 Å². The molecule has 1 saturated heterocycles. The smallest absolute Gasteiger partial charge is 0.0359 e. The normalized spacial score (nSPS) is 19.5. The van der Waals surface area contributed by atoms with Crippen LogP contribution in [0.1, 0.15) is 50.7 Å². The van der Waals surface area contributed by atoms with Crippen molar-refractivity contribution in [2.45, 2.75) is 53.0 Å². The van der Waals surface area contributed by atoms with Crippen molar-refractivity contribution in [3.05, 3.63) is 29.3 Å². The predicted molar refractivity (Wildman–Crippen MR) is 83.1 cm³/mol. The Morgan fingerprint density at radius 3 is 2.37 bits per heavy atom. The van der Waals surface area contributed by atoms with Crippen molar-refractivity contribution >= 4 is 5.69 Å². The minimum absolute atomic E-state index is 0.606. The number of benzene rings is 1. The Hall–Kier alpha value is -1.02. The Balaban J connectivity index is 1.97. The highest BCUT2D eigenvalue weighted by atomic mass is 15.1. The van der Waals surface area contributed by atoms with Crippen LogP contribution >= 0.6 is 0 Å². The summed E-state index contributed by atoms with van der Waals surface area (Å²) in [4.78, 5) is 2.56. The quantitative estimate of drug-likeness (QED) is 0.830. The average Bonchev–Trinajstić information content (AvgIpc) is 2.44. The molecule has 0 unspecified atom stereocenters. The molecule has 0 saturated carbocycles. The first-order valence-electron chi connectivity index (χ1n) is 7.66. The number of piperidine rings is 1. The van der Waals surface area contributed by atoms with Crippen molar-refractivity contribution in [2.75, 3.05) is 18.8 Å². The van der Waals surface area contributed by atoms with Gasteiger partial charge in [0.05, 0.1) is 0 Å². The Kier molecular flexibility index (Phi) is 4.51. The lowest BCUT2D eigenvalue weighted by atomic mass is 9.74. The third-order valence-corrected chi connectivity index (χ3v) is 5.11. The van der Waals surface area contributed by atoms with Gasteiger partial charge in [-0.15, -0.1) is 0 Å². The predicted octanol–water partition coefficient (Wildman–Crippen LogP) is 3.98. The van der Waals surface area contributed by atoms with Crippen LogP contribution < -0.4 is 5.73 Å². The van der Waals surface area contributed by atoms with E-state index in [1.807, 2.05) is 6.07 Å². The lowest BCUT2D eigenvalue weighted by Gasteiger charge is -2.41. The second-order valence-corrected chi connectivity index (χ2v) is 6.19. The van der Waals surface area contributed by atoms with Gasteiger partial charge in [-0.05, 0) is 49.9 Å². The Labute approximate surface area is 118 Å². The van der Waals surface area contributed by atoms with Gasteiger partial charge in [0.15, 0.2) is 0 Å². The summed E-state index contributed by atoms with van der Waals surface area (Å²) in [5, 5.41) is 0. The first-order valence-corrected chi connectivity index (χ1v) is 7.66. The molecule has 1 aromatic carbocycles. The van der Waals surface area contributed by atoms with E-state index in [0.717, 1.165) is 12.2 Å². The van der Waals surface area contributed by atoms with Gasteiger partial charge < -0.3 is 5.73 Å². The van der Waals surface area contributed by atoms with Crippen LogP contribution in [-0.2, 0) is 6.54 Å². The monoisotopic (exact) mass is 260 g/mol. The number of nitrogen functional groups attached to an aromatic ring is 1. The summed E-state index contributed by atoms with van der Waals surface area (Å²) in [7, 11) is 0. The van der Waals surface area contributed by atoms with Crippen LogP contribution in [0, 0.1) is 12.3 Å². The lowest BCUT2D eigenvalue weighted by molar-refractivity contribution is 0.0910. The van der Waals surface area contributed by atoms with Crippen molar-refractivity contribution < 1.29 is 0 Å². The van der Waals surface area contributed by atoms with Gasteiger partial charge in [-0.3, -0.25) is 4.90 Å². The fourth-order valence-corrected chi connectivity index (χ4v) is 3.25. The molecule has 0 atom stereocenters. The summed E-state index contributed by atoms with van der Waals surface area (Å²) in [5.74, 6) is 0.